The summed E-state index contributed by atoms with van der Waals surface area (Å²) in [7, 11) is 0. The highest BCUT2D eigenvalue weighted by Crippen LogP contribution is 2.20. The van der Waals surface area contributed by atoms with Gasteiger partial charge in [-0.2, -0.15) is 4.98 Å². The number of aromatic nitrogens is 5. The molecule has 0 aliphatic rings. The molecule has 4 rings (SSSR count). The van der Waals surface area contributed by atoms with Crippen LogP contribution in [0.15, 0.2) is 71.9 Å². The zero-order valence-electron chi connectivity index (χ0n) is 14.3. The minimum absolute atomic E-state index is 0.105. The predicted octanol–water partition coefficient (Wildman–Crippen LogP) is 2.31. The lowest BCUT2D eigenvalue weighted by molar-refractivity contribution is -0.121. The molecule has 134 valence electrons. The van der Waals surface area contributed by atoms with Gasteiger partial charge in [0.2, 0.25) is 11.7 Å². The molecule has 0 spiro atoms. The van der Waals surface area contributed by atoms with Crippen LogP contribution in [-0.4, -0.2) is 30.6 Å². The average molecular weight is 360 g/mol. The Morgan fingerprint density at radius 1 is 1.15 bits per heavy atom. The number of nitrogens with zero attached hydrogens (tertiary/aromatic N) is 5. The minimum Gasteiger partial charge on any atom is -0.350 e. The molecule has 8 heteroatoms. The van der Waals surface area contributed by atoms with E-state index in [1.807, 2.05) is 36.4 Å². The summed E-state index contributed by atoms with van der Waals surface area (Å²) in [5.41, 5.74) is 2.31. The van der Waals surface area contributed by atoms with E-state index in [0.29, 0.717) is 24.0 Å². The summed E-state index contributed by atoms with van der Waals surface area (Å²) in [6.45, 7) is 0.647. The quantitative estimate of drug-likeness (QED) is 0.566. The zero-order chi connectivity index (χ0) is 18.5. The third-order valence-electron chi connectivity index (χ3n) is 3.86. The van der Waals surface area contributed by atoms with Crippen LogP contribution in [-0.2, 0) is 17.9 Å². The van der Waals surface area contributed by atoms with Gasteiger partial charge in [0.05, 0.1) is 11.9 Å². The first kappa shape index (κ1) is 16.6. The van der Waals surface area contributed by atoms with Crippen molar-refractivity contribution < 1.29 is 9.32 Å². The lowest BCUT2D eigenvalue weighted by atomic mass is 10.2. The van der Waals surface area contributed by atoms with Gasteiger partial charge in [0, 0.05) is 25.1 Å². The van der Waals surface area contributed by atoms with Gasteiger partial charge in [0.1, 0.15) is 12.2 Å². The molecule has 27 heavy (non-hydrogen) atoms. The van der Waals surface area contributed by atoms with Crippen LogP contribution >= 0.6 is 0 Å². The number of amides is 1. The van der Waals surface area contributed by atoms with Gasteiger partial charge in [-0.1, -0.05) is 35.5 Å². The van der Waals surface area contributed by atoms with Gasteiger partial charge in [-0.3, -0.25) is 9.78 Å². The minimum atomic E-state index is -0.105. The SMILES string of the molecule is O=C(Cn1cnc(-c2noc(-c3cccnc3)n2)c1)NCc1ccccc1. The molecule has 0 saturated carbocycles. The molecule has 3 heterocycles. The Kier molecular flexibility index (Phi) is 4.69. The van der Waals surface area contributed by atoms with Crippen LogP contribution in [0.2, 0.25) is 0 Å². The fourth-order valence-corrected chi connectivity index (χ4v) is 2.51. The molecule has 0 bridgehead atoms. The number of nitrogens with one attached hydrogen (secondary N) is 1. The number of benzene rings is 1. The molecule has 1 N–H and O–H groups in total. The highest BCUT2D eigenvalue weighted by atomic mass is 16.5. The van der Waals surface area contributed by atoms with Crippen molar-refractivity contribution >= 4 is 5.91 Å². The van der Waals surface area contributed by atoms with E-state index in [2.05, 4.69) is 25.4 Å². The van der Waals surface area contributed by atoms with Gasteiger partial charge >= 0.3 is 0 Å². The summed E-state index contributed by atoms with van der Waals surface area (Å²) in [4.78, 5) is 24.7. The normalized spacial score (nSPS) is 10.7. The Hall–Kier alpha value is -3.81. The molecule has 0 fully saturated rings. The number of hydrogen-bond acceptors (Lipinski definition) is 6. The van der Waals surface area contributed by atoms with E-state index in [4.69, 9.17) is 4.52 Å². The Morgan fingerprint density at radius 2 is 2.04 bits per heavy atom. The summed E-state index contributed by atoms with van der Waals surface area (Å²) in [6.07, 6.45) is 6.59. The molecule has 0 saturated heterocycles. The Balaban J connectivity index is 1.39. The first-order valence-electron chi connectivity index (χ1n) is 8.35. The van der Waals surface area contributed by atoms with Crippen molar-refractivity contribution in [3.05, 3.63) is 72.9 Å². The number of carbonyl (C=O) groups excluding carboxylic acids is 1. The van der Waals surface area contributed by atoms with Crippen molar-refractivity contribution in [1.29, 1.82) is 0 Å². The molecule has 3 aromatic heterocycles. The van der Waals surface area contributed by atoms with Crippen molar-refractivity contribution in [3.8, 4) is 23.0 Å². The highest BCUT2D eigenvalue weighted by molar-refractivity contribution is 5.75. The molecule has 0 aliphatic heterocycles. The fraction of sp³-hybridized carbons (Fsp3) is 0.105. The van der Waals surface area contributed by atoms with Crippen LogP contribution in [0, 0.1) is 0 Å². The summed E-state index contributed by atoms with van der Waals surface area (Å²) in [5, 5.41) is 6.82. The molecule has 1 amide bonds. The number of imidazole rings is 1. The van der Waals surface area contributed by atoms with E-state index in [9.17, 15) is 4.79 Å². The number of pyridine rings is 1. The predicted molar refractivity (Wildman–Crippen MR) is 97.0 cm³/mol. The Bertz CT molecular complexity index is 1030. The zero-order valence-corrected chi connectivity index (χ0v) is 14.3. The van der Waals surface area contributed by atoms with Crippen LogP contribution in [0.4, 0.5) is 0 Å². The van der Waals surface area contributed by atoms with Crippen LogP contribution < -0.4 is 5.32 Å². The fourth-order valence-electron chi connectivity index (χ4n) is 2.51. The van der Waals surface area contributed by atoms with E-state index < -0.39 is 0 Å². The topological polar surface area (TPSA) is 98.7 Å². The van der Waals surface area contributed by atoms with Crippen molar-refractivity contribution in [3.63, 3.8) is 0 Å². The number of carbonyl (C=O) groups is 1. The Labute approximate surface area is 154 Å². The first-order valence-corrected chi connectivity index (χ1v) is 8.35. The molecule has 0 radical (unpaired) electrons. The second kappa shape index (κ2) is 7.61. The lowest BCUT2D eigenvalue weighted by Gasteiger charge is -2.05. The molecule has 8 nitrogen and oxygen atoms in total. The van der Waals surface area contributed by atoms with Crippen molar-refractivity contribution in [1.82, 2.24) is 30.0 Å². The molecule has 1 aromatic carbocycles. The summed E-state index contributed by atoms with van der Waals surface area (Å²) >= 11 is 0. The van der Waals surface area contributed by atoms with Crippen LogP contribution in [0.3, 0.4) is 0 Å². The number of rotatable bonds is 6. The monoisotopic (exact) mass is 360 g/mol. The third-order valence-corrected chi connectivity index (χ3v) is 3.86. The van der Waals surface area contributed by atoms with E-state index >= 15 is 0 Å². The molecule has 0 aliphatic carbocycles. The smallest absolute Gasteiger partial charge is 0.259 e. The van der Waals surface area contributed by atoms with Crippen molar-refractivity contribution in [2.75, 3.05) is 0 Å². The average Bonchev–Trinajstić information content (AvgIpc) is 3.37. The number of hydrogen-bond donors (Lipinski definition) is 1. The van der Waals surface area contributed by atoms with Gasteiger partial charge < -0.3 is 14.4 Å². The van der Waals surface area contributed by atoms with Gasteiger partial charge in [-0.25, -0.2) is 4.98 Å². The molecular weight excluding hydrogens is 344 g/mol. The van der Waals surface area contributed by atoms with Gasteiger partial charge in [0.25, 0.3) is 5.89 Å². The van der Waals surface area contributed by atoms with Crippen LogP contribution in [0.1, 0.15) is 5.56 Å². The summed E-state index contributed by atoms with van der Waals surface area (Å²) < 4.78 is 6.93. The summed E-state index contributed by atoms with van der Waals surface area (Å²) in [6, 6.07) is 13.4. The van der Waals surface area contributed by atoms with Gasteiger partial charge in [-0.05, 0) is 17.7 Å². The largest absolute Gasteiger partial charge is 0.350 e. The molecular formula is C19H16N6O2. The van der Waals surface area contributed by atoms with Crippen molar-refractivity contribution in [2.45, 2.75) is 13.1 Å². The maximum atomic E-state index is 12.1. The van der Waals surface area contributed by atoms with Crippen LogP contribution in [0.5, 0.6) is 0 Å². The Morgan fingerprint density at radius 3 is 2.85 bits per heavy atom. The second-order valence-corrected chi connectivity index (χ2v) is 5.86. The van der Waals surface area contributed by atoms with E-state index in [-0.39, 0.29) is 12.5 Å². The van der Waals surface area contributed by atoms with Gasteiger partial charge in [-0.15, -0.1) is 0 Å². The second-order valence-electron chi connectivity index (χ2n) is 5.86. The molecule has 4 aromatic rings. The van der Waals surface area contributed by atoms with E-state index in [1.54, 1.807) is 35.6 Å². The van der Waals surface area contributed by atoms with E-state index in [0.717, 1.165) is 11.1 Å². The molecule has 0 atom stereocenters. The summed E-state index contributed by atoms with van der Waals surface area (Å²) in [5.74, 6) is 0.623. The lowest BCUT2D eigenvalue weighted by Crippen LogP contribution is -2.26. The maximum Gasteiger partial charge on any atom is 0.259 e. The highest BCUT2D eigenvalue weighted by Gasteiger charge is 2.13. The first-order chi connectivity index (χ1) is 13.3. The third kappa shape index (κ3) is 4.06. The molecule has 0 unspecified atom stereocenters. The van der Waals surface area contributed by atoms with Crippen molar-refractivity contribution in [2.24, 2.45) is 0 Å². The van der Waals surface area contributed by atoms with Crippen LogP contribution in [0.25, 0.3) is 23.0 Å². The van der Waals surface area contributed by atoms with Gasteiger partial charge in [0.15, 0.2) is 0 Å². The van der Waals surface area contributed by atoms with E-state index in [1.165, 1.54) is 0 Å². The maximum absolute atomic E-state index is 12.1. The standard InChI is InChI=1S/C19H16N6O2/c26-17(21-9-14-5-2-1-3-6-14)12-25-11-16(22-13-25)18-23-19(27-24-18)15-7-4-8-20-10-15/h1-8,10-11,13H,9,12H2,(H,21,26).